The largest absolute Gasteiger partial charge is 0.481 e. The molecule has 110 valence electrons. The molecule has 1 aliphatic heterocycles. The lowest BCUT2D eigenvalue weighted by Gasteiger charge is -2.10. The number of aromatic nitrogens is 2. The lowest BCUT2D eigenvalue weighted by molar-refractivity contribution is -0.136. The zero-order valence-electron chi connectivity index (χ0n) is 12.2. The molecule has 21 heavy (non-hydrogen) atoms. The SMILES string of the molecule is Cc1nn(CC2Cc3ccccc3S2)c(C)c1CC(=O)O. The third kappa shape index (κ3) is 2.83. The number of carboxylic acid groups (broad SMARTS) is 1. The van der Waals surface area contributed by atoms with Crippen LogP contribution in [0.2, 0.25) is 0 Å². The molecule has 0 radical (unpaired) electrons. The molecule has 0 aliphatic carbocycles. The lowest BCUT2D eigenvalue weighted by Crippen LogP contribution is -2.15. The van der Waals surface area contributed by atoms with Crippen molar-refractivity contribution in [3.05, 3.63) is 46.8 Å². The molecule has 0 amide bonds. The van der Waals surface area contributed by atoms with Crippen molar-refractivity contribution in [1.29, 1.82) is 0 Å². The molecular weight excluding hydrogens is 284 g/mol. The van der Waals surface area contributed by atoms with E-state index in [1.54, 1.807) is 0 Å². The zero-order valence-corrected chi connectivity index (χ0v) is 13.0. The van der Waals surface area contributed by atoms with Gasteiger partial charge in [0.15, 0.2) is 0 Å². The lowest BCUT2D eigenvalue weighted by atomic mass is 10.1. The molecule has 1 unspecified atom stereocenters. The number of aliphatic carboxylic acids is 1. The van der Waals surface area contributed by atoms with Crippen molar-refractivity contribution in [3.63, 3.8) is 0 Å². The van der Waals surface area contributed by atoms with Crippen molar-refractivity contribution in [1.82, 2.24) is 9.78 Å². The van der Waals surface area contributed by atoms with E-state index in [1.165, 1.54) is 10.5 Å². The number of benzene rings is 1. The average molecular weight is 302 g/mol. The summed E-state index contributed by atoms with van der Waals surface area (Å²) in [6.07, 6.45) is 1.10. The van der Waals surface area contributed by atoms with Gasteiger partial charge in [-0.05, 0) is 31.9 Å². The van der Waals surface area contributed by atoms with E-state index in [0.29, 0.717) is 5.25 Å². The third-order valence-electron chi connectivity index (χ3n) is 3.95. The first-order chi connectivity index (χ1) is 10.0. The number of aryl methyl sites for hydroxylation is 1. The monoisotopic (exact) mass is 302 g/mol. The second-order valence-electron chi connectivity index (χ2n) is 5.45. The Bertz CT molecular complexity index is 669. The number of carboxylic acids is 1. The van der Waals surface area contributed by atoms with E-state index in [0.717, 1.165) is 29.9 Å². The zero-order chi connectivity index (χ0) is 15.0. The van der Waals surface area contributed by atoms with Crippen LogP contribution >= 0.6 is 11.8 Å². The van der Waals surface area contributed by atoms with E-state index in [9.17, 15) is 4.79 Å². The molecule has 2 aromatic rings. The van der Waals surface area contributed by atoms with E-state index in [2.05, 4.69) is 29.4 Å². The van der Waals surface area contributed by atoms with E-state index in [4.69, 9.17) is 5.11 Å². The second-order valence-corrected chi connectivity index (χ2v) is 6.80. The van der Waals surface area contributed by atoms with Gasteiger partial charge in [0, 0.05) is 21.4 Å². The Morgan fingerprint density at radius 3 is 2.90 bits per heavy atom. The van der Waals surface area contributed by atoms with E-state index < -0.39 is 5.97 Å². The molecule has 0 saturated heterocycles. The van der Waals surface area contributed by atoms with E-state index in [1.807, 2.05) is 30.3 Å². The number of hydrogen-bond donors (Lipinski definition) is 1. The molecule has 0 bridgehead atoms. The topological polar surface area (TPSA) is 55.1 Å². The molecule has 5 heteroatoms. The average Bonchev–Trinajstić information content (AvgIpc) is 2.94. The van der Waals surface area contributed by atoms with Gasteiger partial charge in [0.2, 0.25) is 0 Å². The fourth-order valence-electron chi connectivity index (χ4n) is 2.87. The van der Waals surface area contributed by atoms with Crippen LogP contribution in [0.4, 0.5) is 0 Å². The molecule has 1 atom stereocenters. The first-order valence-corrected chi connectivity index (χ1v) is 7.92. The highest BCUT2D eigenvalue weighted by Gasteiger charge is 2.24. The van der Waals surface area contributed by atoms with E-state index in [-0.39, 0.29) is 6.42 Å². The van der Waals surface area contributed by atoms with Crippen LogP contribution in [0.15, 0.2) is 29.2 Å². The highest BCUT2D eigenvalue weighted by atomic mass is 32.2. The molecule has 1 aliphatic rings. The smallest absolute Gasteiger partial charge is 0.307 e. The van der Waals surface area contributed by atoms with Crippen molar-refractivity contribution in [2.45, 2.75) is 43.4 Å². The Hall–Kier alpha value is -1.75. The van der Waals surface area contributed by atoms with Crippen LogP contribution in [-0.4, -0.2) is 26.1 Å². The Morgan fingerprint density at radius 1 is 1.43 bits per heavy atom. The Labute approximate surface area is 128 Å². The van der Waals surface area contributed by atoms with Gasteiger partial charge in [-0.15, -0.1) is 11.8 Å². The summed E-state index contributed by atoms with van der Waals surface area (Å²) in [4.78, 5) is 12.3. The summed E-state index contributed by atoms with van der Waals surface area (Å²) in [6.45, 7) is 4.68. The van der Waals surface area contributed by atoms with Crippen molar-refractivity contribution in [3.8, 4) is 0 Å². The van der Waals surface area contributed by atoms with Crippen molar-refractivity contribution in [2.24, 2.45) is 0 Å². The number of carbonyl (C=O) groups is 1. The second kappa shape index (κ2) is 5.56. The molecule has 0 fully saturated rings. The quantitative estimate of drug-likeness (QED) is 0.943. The van der Waals surface area contributed by atoms with Gasteiger partial charge in [-0.2, -0.15) is 5.10 Å². The first kappa shape index (κ1) is 14.2. The molecule has 0 saturated carbocycles. The van der Waals surface area contributed by atoms with Crippen LogP contribution in [0, 0.1) is 13.8 Å². The summed E-state index contributed by atoms with van der Waals surface area (Å²) in [5.74, 6) is -0.802. The normalized spacial score (nSPS) is 17.0. The van der Waals surface area contributed by atoms with Crippen LogP contribution < -0.4 is 0 Å². The highest BCUT2D eigenvalue weighted by molar-refractivity contribution is 8.00. The number of nitrogens with zero attached hydrogens (tertiary/aromatic N) is 2. The molecular formula is C16H18N2O2S. The molecule has 1 aromatic heterocycles. The summed E-state index contributed by atoms with van der Waals surface area (Å²) >= 11 is 1.89. The minimum atomic E-state index is -0.802. The van der Waals surface area contributed by atoms with Gasteiger partial charge in [-0.25, -0.2) is 0 Å². The number of thioether (sulfide) groups is 1. The van der Waals surface area contributed by atoms with Gasteiger partial charge in [0.05, 0.1) is 18.7 Å². The standard InChI is InChI=1S/C16H18N2O2S/c1-10-14(8-16(19)20)11(2)18(17-10)9-13-7-12-5-3-4-6-15(12)21-13/h3-6,13H,7-9H2,1-2H3,(H,19,20). The maximum atomic E-state index is 10.9. The maximum absolute atomic E-state index is 10.9. The van der Waals surface area contributed by atoms with Crippen molar-refractivity contribution < 1.29 is 9.90 Å². The predicted octanol–water partition coefficient (Wildman–Crippen LogP) is 2.84. The first-order valence-electron chi connectivity index (χ1n) is 7.04. The van der Waals surface area contributed by atoms with Gasteiger partial charge >= 0.3 is 5.97 Å². The Balaban J connectivity index is 1.77. The van der Waals surface area contributed by atoms with Gasteiger partial charge in [-0.1, -0.05) is 18.2 Å². The molecule has 1 aromatic carbocycles. The Morgan fingerprint density at radius 2 is 2.19 bits per heavy atom. The summed E-state index contributed by atoms with van der Waals surface area (Å²) in [6, 6.07) is 8.50. The fraction of sp³-hybridized carbons (Fsp3) is 0.375. The van der Waals surface area contributed by atoms with Crippen LogP contribution in [0.5, 0.6) is 0 Å². The minimum absolute atomic E-state index is 0.0513. The molecule has 1 N–H and O–H groups in total. The van der Waals surface area contributed by atoms with Crippen LogP contribution in [-0.2, 0) is 24.2 Å². The minimum Gasteiger partial charge on any atom is -0.481 e. The summed E-state index contributed by atoms with van der Waals surface area (Å²) < 4.78 is 1.97. The third-order valence-corrected chi connectivity index (χ3v) is 5.25. The fourth-order valence-corrected chi connectivity index (χ4v) is 4.17. The van der Waals surface area contributed by atoms with Gasteiger partial charge < -0.3 is 5.11 Å². The number of fused-ring (bicyclic) bond motifs is 1. The Kier molecular flexibility index (Phi) is 3.76. The van der Waals surface area contributed by atoms with Gasteiger partial charge in [-0.3, -0.25) is 9.48 Å². The van der Waals surface area contributed by atoms with Gasteiger partial charge in [0.1, 0.15) is 0 Å². The predicted molar refractivity (Wildman–Crippen MR) is 82.8 cm³/mol. The van der Waals surface area contributed by atoms with Gasteiger partial charge in [0.25, 0.3) is 0 Å². The number of rotatable bonds is 4. The number of hydrogen-bond acceptors (Lipinski definition) is 3. The molecule has 0 spiro atoms. The molecule has 4 nitrogen and oxygen atoms in total. The van der Waals surface area contributed by atoms with Crippen LogP contribution in [0.1, 0.15) is 22.5 Å². The highest BCUT2D eigenvalue weighted by Crippen LogP contribution is 2.37. The van der Waals surface area contributed by atoms with Crippen LogP contribution in [0.3, 0.4) is 0 Å². The summed E-state index contributed by atoms with van der Waals surface area (Å²) in [5.41, 5.74) is 4.06. The molecule has 2 heterocycles. The summed E-state index contributed by atoms with van der Waals surface area (Å²) in [5, 5.41) is 14.0. The van der Waals surface area contributed by atoms with E-state index >= 15 is 0 Å². The van der Waals surface area contributed by atoms with Crippen molar-refractivity contribution >= 4 is 17.7 Å². The molecule has 3 rings (SSSR count). The summed E-state index contributed by atoms with van der Waals surface area (Å²) in [7, 11) is 0. The maximum Gasteiger partial charge on any atom is 0.307 e. The van der Waals surface area contributed by atoms with Crippen molar-refractivity contribution in [2.75, 3.05) is 0 Å². The van der Waals surface area contributed by atoms with Crippen LogP contribution in [0.25, 0.3) is 0 Å².